The van der Waals surface area contributed by atoms with Gasteiger partial charge in [-0.2, -0.15) is 0 Å². The van der Waals surface area contributed by atoms with Crippen LogP contribution in [0.15, 0.2) is 42.6 Å². The van der Waals surface area contributed by atoms with E-state index in [9.17, 15) is 4.79 Å². The highest BCUT2D eigenvalue weighted by atomic mass is 127. The van der Waals surface area contributed by atoms with E-state index >= 15 is 0 Å². The summed E-state index contributed by atoms with van der Waals surface area (Å²) in [4.78, 5) is 14.4. The predicted molar refractivity (Wildman–Crippen MR) is 64.9 cm³/mol. The summed E-state index contributed by atoms with van der Waals surface area (Å²) in [7, 11) is 0. The molecule has 0 saturated heterocycles. The Morgan fingerprint density at radius 1 is 1.20 bits per heavy atom. The topological polar surface area (TPSA) is 42.1 Å². The Bertz CT molecular complexity index is 465. The second-order valence-corrected chi connectivity index (χ2v) is 4.07. The van der Waals surface area contributed by atoms with Gasteiger partial charge in [-0.1, -0.05) is 12.1 Å². The van der Waals surface area contributed by atoms with Gasteiger partial charge in [0.05, 0.1) is 3.57 Å². The van der Waals surface area contributed by atoms with Gasteiger partial charge in [-0.15, -0.1) is 0 Å². The van der Waals surface area contributed by atoms with Crippen LogP contribution in [0.25, 0.3) is 0 Å². The fourth-order valence-electron chi connectivity index (χ4n) is 1.14. The number of para-hydroxylation sites is 1. The number of benzene rings is 1. The summed E-state index contributed by atoms with van der Waals surface area (Å²) in [6.45, 7) is 0. The molecule has 15 heavy (non-hydrogen) atoms. The molecule has 1 heterocycles. The van der Waals surface area contributed by atoms with Crippen LogP contribution in [0.5, 0.6) is 5.75 Å². The van der Waals surface area contributed by atoms with Crippen LogP contribution in [0.2, 0.25) is 0 Å². The summed E-state index contributed by atoms with van der Waals surface area (Å²) in [5.74, 6) is 0.210. The fraction of sp³-hybridized carbons (Fsp3) is 0. The molecule has 76 valence electrons. The molecule has 3 nitrogen and oxygen atoms in total. The molecule has 0 bridgehead atoms. The lowest BCUT2D eigenvalue weighted by molar-refractivity contribution is 0.0728. The van der Waals surface area contributed by atoms with Gasteiger partial charge >= 0.3 is 5.97 Å². The van der Waals surface area contributed by atoms with Crippen molar-refractivity contribution in [3.05, 3.63) is 51.9 Å². The normalized spacial score (nSPS) is 9.93. The molecule has 0 saturated carbocycles. The van der Waals surface area contributed by atoms with Crippen LogP contribution in [0.4, 0.5) is 0 Å². The highest BCUT2D eigenvalue weighted by molar-refractivity contribution is 14.1. The first kappa shape index (κ1) is 10.2. The van der Waals surface area contributed by atoms with Crippen LogP contribution in [0.3, 0.4) is 0 Å². The SMILES string of the molecule is O=C(Oc1ccccc1I)c1ccc[nH]1. The lowest BCUT2D eigenvalue weighted by Crippen LogP contribution is -2.09. The Morgan fingerprint density at radius 2 is 2.00 bits per heavy atom. The van der Waals surface area contributed by atoms with E-state index in [0.717, 1.165) is 3.57 Å². The Labute approximate surface area is 101 Å². The summed E-state index contributed by atoms with van der Waals surface area (Å²) in [5.41, 5.74) is 0.453. The Kier molecular flexibility index (Phi) is 3.05. The van der Waals surface area contributed by atoms with Crippen LogP contribution in [0.1, 0.15) is 10.5 Å². The second kappa shape index (κ2) is 4.48. The maximum atomic E-state index is 11.6. The van der Waals surface area contributed by atoms with Crippen LogP contribution in [0, 0.1) is 3.57 Å². The van der Waals surface area contributed by atoms with Gasteiger partial charge in [0.1, 0.15) is 11.4 Å². The molecule has 2 aromatic rings. The van der Waals surface area contributed by atoms with Crippen molar-refractivity contribution in [2.24, 2.45) is 0 Å². The van der Waals surface area contributed by atoms with E-state index in [4.69, 9.17) is 4.74 Å². The summed E-state index contributed by atoms with van der Waals surface area (Å²) >= 11 is 2.12. The van der Waals surface area contributed by atoms with E-state index in [1.807, 2.05) is 18.2 Å². The molecule has 0 aliphatic rings. The van der Waals surface area contributed by atoms with E-state index in [2.05, 4.69) is 27.6 Å². The lowest BCUT2D eigenvalue weighted by atomic mass is 10.3. The molecule has 2 rings (SSSR count). The summed E-state index contributed by atoms with van der Waals surface area (Å²) < 4.78 is 6.12. The molecule has 0 aliphatic carbocycles. The van der Waals surface area contributed by atoms with Crippen molar-refractivity contribution in [1.82, 2.24) is 4.98 Å². The van der Waals surface area contributed by atoms with Gasteiger partial charge in [-0.05, 0) is 46.9 Å². The zero-order valence-corrected chi connectivity index (χ0v) is 9.89. The Balaban J connectivity index is 2.17. The monoisotopic (exact) mass is 313 g/mol. The molecule has 1 aromatic heterocycles. The molecular formula is C11H8INO2. The molecule has 1 aromatic carbocycles. The van der Waals surface area contributed by atoms with Crippen molar-refractivity contribution in [2.75, 3.05) is 0 Å². The standard InChI is InChI=1S/C11H8INO2/c12-8-4-1-2-6-10(8)15-11(14)9-5-3-7-13-9/h1-7,13H. The largest absolute Gasteiger partial charge is 0.421 e. The predicted octanol–water partition coefficient (Wildman–Crippen LogP) is 2.84. The van der Waals surface area contributed by atoms with Crippen LogP contribution in [-0.2, 0) is 0 Å². The molecule has 1 N–H and O–H groups in total. The number of ether oxygens (including phenoxy) is 1. The third-order valence-corrected chi connectivity index (χ3v) is 2.75. The Hall–Kier alpha value is -1.30. The van der Waals surface area contributed by atoms with Gasteiger partial charge in [-0.25, -0.2) is 4.79 Å². The van der Waals surface area contributed by atoms with Gasteiger partial charge in [0.2, 0.25) is 0 Å². The Morgan fingerprint density at radius 3 is 2.67 bits per heavy atom. The average Bonchev–Trinajstić information content (AvgIpc) is 2.74. The number of H-pyrrole nitrogens is 1. The van der Waals surface area contributed by atoms with E-state index in [1.165, 1.54) is 0 Å². The maximum absolute atomic E-state index is 11.6. The number of halogens is 1. The first-order valence-corrected chi connectivity index (χ1v) is 5.45. The minimum atomic E-state index is -0.371. The number of esters is 1. The lowest BCUT2D eigenvalue weighted by Gasteiger charge is -2.04. The van der Waals surface area contributed by atoms with E-state index < -0.39 is 0 Å². The number of hydrogen-bond acceptors (Lipinski definition) is 2. The van der Waals surface area contributed by atoms with Crippen molar-refractivity contribution >= 4 is 28.6 Å². The zero-order chi connectivity index (χ0) is 10.7. The van der Waals surface area contributed by atoms with Crippen LogP contribution >= 0.6 is 22.6 Å². The summed E-state index contributed by atoms with van der Waals surface area (Å²) in [5, 5.41) is 0. The van der Waals surface area contributed by atoms with Gasteiger partial charge in [0.25, 0.3) is 0 Å². The number of aromatic nitrogens is 1. The molecule has 0 unspecified atom stereocenters. The van der Waals surface area contributed by atoms with Crippen LogP contribution < -0.4 is 4.74 Å². The quantitative estimate of drug-likeness (QED) is 0.526. The molecule has 0 spiro atoms. The zero-order valence-electron chi connectivity index (χ0n) is 7.74. The number of aromatic amines is 1. The third-order valence-electron chi connectivity index (χ3n) is 1.86. The average molecular weight is 313 g/mol. The van der Waals surface area contributed by atoms with Crippen LogP contribution in [-0.4, -0.2) is 11.0 Å². The third kappa shape index (κ3) is 2.38. The fourth-order valence-corrected chi connectivity index (χ4v) is 1.64. The molecule has 4 heteroatoms. The van der Waals surface area contributed by atoms with Gasteiger partial charge in [-0.3, -0.25) is 0 Å². The highest BCUT2D eigenvalue weighted by Crippen LogP contribution is 2.20. The van der Waals surface area contributed by atoms with Gasteiger partial charge in [0, 0.05) is 6.20 Å². The smallest absolute Gasteiger partial charge is 0.360 e. The second-order valence-electron chi connectivity index (χ2n) is 2.90. The number of rotatable bonds is 2. The van der Waals surface area contributed by atoms with E-state index in [0.29, 0.717) is 11.4 Å². The summed E-state index contributed by atoms with van der Waals surface area (Å²) in [6, 6.07) is 10.8. The first-order valence-electron chi connectivity index (χ1n) is 4.37. The minimum absolute atomic E-state index is 0.371. The number of hydrogen-bond donors (Lipinski definition) is 1. The van der Waals surface area contributed by atoms with Crippen molar-refractivity contribution in [1.29, 1.82) is 0 Å². The number of carbonyl (C=O) groups excluding carboxylic acids is 1. The number of nitrogens with one attached hydrogen (secondary N) is 1. The molecule has 0 aliphatic heterocycles. The summed E-state index contributed by atoms with van der Waals surface area (Å²) in [6.07, 6.45) is 1.69. The van der Waals surface area contributed by atoms with Gasteiger partial charge < -0.3 is 9.72 Å². The molecule has 0 radical (unpaired) electrons. The van der Waals surface area contributed by atoms with E-state index in [-0.39, 0.29) is 5.97 Å². The van der Waals surface area contributed by atoms with Crippen molar-refractivity contribution < 1.29 is 9.53 Å². The molecular weight excluding hydrogens is 305 g/mol. The maximum Gasteiger partial charge on any atom is 0.360 e. The van der Waals surface area contributed by atoms with Crippen molar-refractivity contribution in [2.45, 2.75) is 0 Å². The minimum Gasteiger partial charge on any atom is -0.421 e. The molecule has 0 amide bonds. The highest BCUT2D eigenvalue weighted by Gasteiger charge is 2.10. The number of carbonyl (C=O) groups is 1. The van der Waals surface area contributed by atoms with Crippen molar-refractivity contribution in [3.8, 4) is 5.75 Å². The molecule has 0 fully saturated rings. The molecule has 0 atom stereocenters. The van der Waals surface area contributed by atoms with E-state index in [1.54, 1.807) is 24.4 Å². The van der Waals surface area contributed by atoms with Gasteiger partial charge in [0.15, 0.2) is 0 Å². The first-order chi connectivity index (χ1) is 7.27. The van der Waals surface area contributed by atoms with Crippen molar-refractivity contribution in [3.63, 3.8) is 0 Å².